The van der Waals surface area contributed by atoms with Gasteiger partial charge in [-0.2, -0.15) is 0 Å². The van der Waals surface area contributed by atoms with Gasteiger partial charge < -0.3 is 33.7 Å². The van der Waals surface area contributed by atoms with E-state index in [1.165, 1.54) is 19.2 Å². The molecule has 1 aromatic rings. The summed E-state index contributed by atoms with van der Waals surface area (Å²) < 4.78 is 31.5. The summed E-state index contributed by atoms with van der Waals surface area (Å²) in [6.07, 6.45) is -1.25. The van der Waals surface area contributed by atoms with Gasteiger partial charge in [0, 0.05) is 13.0 Å². The van der Waals surface area contributed by atoms with Gasteiger partial charge >= 0.3 is 24.2 Å². The monoisotopic (exact) mass is 595 g/mol. The molecule has 0 aliphatic rings. The Morgan fingerprint density at radius 3 is 1.88 bits per heavy atom. The number of ether oxygens (including phenoxy) is 6. The SMILES string of the molecule is COC(=O)[C@H](Cc1ccc(OC(=O)OCC(C)(C)C)c(OC(=O)OCC(C)(C)C)c1)NCC(C)OC(=O)CCC(C)C. The maximum absolute atomic E-state index is 12.6. The molecule has 11 nitrogen and oxygen atoms in total. The minimum Gasteiger partial charge on any atom is -0.468 e. The molecule has 11 heteroatoms. The van der Waals surface area contributed by atoms with Crippen molar-refractivity contribution in [1.29, 1.82) is 0 Å². The maximum Gasteiger partial charge on any atom is 0.513 e. The minimum absolute atomic E-state index is 0.0603. The van der Waals surface area contributed by atoms with Gasteiger partial charge in [0.25, 0.3) is 0 Å². The first-order valence-corrected chi connectivity index (χ1v) is 14.2. The van der Waals surface area contributed by atoms with Gasteiger partial charge in [-0.05, 0) is 54.2 Å². The highest BCUT2D eigenvalue weighted by Gasteiger charge is 2.24. The van der Waals surface area contributed by atoms with E-state index in [0.29, 0.717) is 17.9 Å². The summed E-state index contributed by atoms with van der Waals surface area (Å²) in [7, 11) is 1.27. The van der Waals surface area contributed by atoms with Gasteiger partial charge in [0.15, 0.2) is 11.5 Å². The number of carbonyl (C=O) groups is 4. The number of hydrogen-bond acceptors (Lipinski definition) is 11. The number of nitrogens with one attached hydrogen (secondary N) is 1. The fraction of sp³-hybridized carbons (Fsp3) is 0.677. The molecule has 1 aromatic carbocycles. The highest BCUT2D eigenvalue weighted by Crippen LogP contribution is 2.30. The van der Waals surface area contributed by atoms with Crippen molar-refractivity contribution in [3.63, 3.8) is 0 Å². The largest absolute Gasteiger partial charge is 0.513 e. The van der Waals surface area contributed by atoms with Gasteiger partial charge in [-0.15, -0.1) is 0 Å². The van der Waals surface area contributed by atoms with E-state index in [1.54, 1.807) is 13.0 Å². The van der Waals surface area contributed by atoms with Gasteiger partial charge in [-0.3, -0.25) is 9.59 Å². The van der Waals surface area contributed by atoms with E-state index in [4.69, 9.17) is 28.4 Å². The van der Waals surface area contributed by atoms with Crippen LogP contribution < -0.4 is 14.8 Å². The molecule has 2 atom stereocenters. The smallest absolute Gasteiger partial charge is 0.468 e. The second kappa shape index (κ2) is 16.9. The summed E-state index contributed by atoms with van der Waals surface area (Å²) in [6, 6.07) is 3.72. The van der Waals surface area contributed by atoms with E-state index < -0.39 is 30.4 Å². The second-order valence-electron chi connectivity index (χ2n) is 13.1. The Balaban J connectivity index is 3.06. The van der Waals surface area contributed by atoms with Crippen LogP contribution in [0.5, 0.6) is 11.5 Å². The lowest BCUT2D eigenvalue weighted by Crippen LogP contribution is -2.43. The molecule has 0 saturated carbocycles. The van der Waals surface area contributed by atoms with E-state index in [0.717, 1.165) is 6.42 Å². The summed E-state index contributed by atoms with van der Waals surface area (Å²) >= 11 is 0. The third-order valence-electron chi connectivity index (χ3n) is 5.48. The highest BCUT2D eigenvalue weighted by atomic mass is 16.7. The number of benzene rings is 1. The first kappa shape index (κ1) is 36.7. The predicted octanol–water partition coefficient (Wildman–Crippen LogP) is 5.85. The number of methoxy groups -OCH3 is 1. The van der Waals surface area contributed by atoms with Crippen molar-refractivity contribution in [2.75, 3.05) is 26.9 Å². The summed E-state index contributed by atoms with van der Waals surface area (Å²) in [6.45, 7) is 17.6. The number of hydrogen-bond donors (Lipinski definition) is 1. The highest BCUT2D eigenvalue weighted by molar-refractivity contribution is 5.76. The van der Waals surface area contributed by atoms with Gasteiger partial charge in [0.1, 0.15) is 12.1 Å². The lowest BCUT2D eigenvalue weighted by molar-refractivity contribution is -0.148. The van der Waals surface area contributed by atoms with Crippen molar-refractivity contribution >= 4 is 24.2 Å². The molecule has 0 aromatic heterocycles. The molecule has 0 aliphatic heterocycles. The number of rotatable bonds is 14. The lowest BCUT2D eigenvalue weighted by atomic mass is 9.99. The van der Waals surface area contributed by atoms with E-state index in [-0.39, 0.29) is 54.5 Å². The van der Waals surface area contributed by atoms with Gasteiger partial charge in [-0.25, -0.2) is 9.59 Å². The Hall–Kier alpha value is -3.34. The fourth-order valence-electron chi connectivity index (χ4n) is 3.29. The Kier molecular flexibility index (Phi) is 14.8. The summed E-state index contributed by atoms with van der Waals surface area (Å²) in [5.74, 6) is -0.601. The van der Waals surface area contributed by atoms with Crippen molar-refractivity contribution < 1.29 is 47.6 Å². The molecule has 1 unspecified atom stereocenters. The summed E-state index contributed by atoms with van der Waals surface area (Å²) in [5, 5.41) is 3.07. The topological polar surface area (TPSA) is 136 Å². The number of esters is 2. The molecule has 0 aliphatic carbocycles. The summed E-state index contributed by atoms with van der Waals surface area (Å²) in [4.78, 5) is 49.4. The molecule has 238 valence electrons. The maximum atomic E-state index is 12.6. The van der Waals surface area contributed by atoms with Gasteiger partial charge in [0.2, 0.25) is 0 Å². The van der Waals surface area contributed by atoms with Crippen molar-refractivity contribution in [3.8, 4) is 11.5 Å². The molecular weight excluding hydrogens is 546 g/mol. The van der Waals surface area contributed by atoms with Crippen molar-refractivity contribution in [1.82, 2.24) is 5.32 Å². The zero-order valence-electron chi connectivity index (χ0n) is 26.8. The zero-order chi connectivity index (χ0) is 32.1. The van der Waals surface area contributed by atoms with Crippen LogP contribution in [0.15, 0.2) is 18.2 Å². The third-order valence-corrected chi connectivity index (χ3v) is 5.48. The molecule has 1 rings (SSSR count). The van der Waals surface area contributed by atoms with Crippen LogP contribution in [0.2, 0.25) is 0 Å². The van der Waals surface area contributed by atoms with Crippen LogP contribution in [-0.2, 0) is 35.0 Å². The number of carbonyl (C=O) groups excluding carboxylic acids is 4. The lowest BCUT2D eigenvalue weighted by Gasteiger charge is -2.21. The predicted molar refractivity (Wildman–Crippen MR) is 156 cm³/mol. The van der Waals surface area contributed by atoms with Crippen LogP contribution in [0.3, 0.4) is 0 Å². The average Bonchev–Trinajstić information content (AvgIpc) is 2.87. The Labute approximate surface area is 249 Å². The van der Waals surface area contributed by atoms with Crippen molar-refractivity contribution in [3.05, 3.63) is 23.8 Å². The van der Waals surface area contributed by atoms with Gasteiger partial charge in [-0.1, -0.05) is 61.5 Å². The fourth-order valence-corrected chi connectivity index (χ4v) is 3.29. The average molecular weight is 596 g/mol. The molecule has 0 saturated heterocycles. The first-order chi connectivity index (χ1) is 19.4. The van der Waals surface area contributed by atoms with Crippen LogP contribution in [0.4, 0.5) is 9.59 Å². The molecule has 0 heterocycles. The van der Waals surface area contributed by atoms with Crippen molar-refractivity contribution in [2.24, 2.45) is 16.7 Å². The second-order valence-corrected chi connectivity index (χ2v) is 13.1. The third kappa shape index (κ3) is 16.2. The molecule has 1 N–H and O–H groups in total. The van der Waals surface area contributed by atoms with Crippen LogP contribution in [0.25, 0.3) is 0 Å². The molecule has 0 amide bonds. The molecular formula is C31H49NO10. The summed E-state index contributed by atoms with van der Waals surface area (Å²) in [5.41, 5.74) is -0.0109. The van der Waals surface area contributed by atoms with Crippen LogP contribution >= 0.6 is 0 Å². The molecule has 0 fully saturated rings. The zero-order valence-corrected chi connectivity index (χ0v) is 26.8. The Morgan fingerprint density at radius 2 is 1.38 bits per heavy atom. The quantitative estimate of drug-likeness (QED) is 0.158. The molecule has 0 bridgehead atoms. The van der Waals surface area contributed by atoms with E-state index >= 15 is 0 Å². The molecule has 0 radical (unpaired) electrons. The Morgan fingerprint density at radius 1 is 0.833 bits per heavy atom. The van der Waals surface area contributed by atoms with E-state index in [2.05, 4.69) is 5.32 Å². The molecule has 0 spiro atoms. The Bertz CT molecular complexity index is 1040. The van der Waals surface area contributed by atoms with Gasteiger partial charge in [0.05, 0.1) is 20.3 Å². The normalized spacial score (nSPS) is 13.1. The van der Waals surface area contributed by atoms with E-state index in [9.17, 15) is 19.2 Å². The minimum atomic E-state index is -0.981. The van der Waals surface area contributed by atoms with Crippen LogP contribution in [0, 0.1) is 16.7 Å². The first-order valence-electron chi connectivity index (χ1n) is 14.2. The molecule has 42 heavy (non-hydrogen) atoms. The standard InChI is InChI=1S/C31H49NO10/c1-20(2)11-14-26(33)40-21(3)17-32-23(27(34)37-10)15-22-12-13-24(41-28(35)38-18-30(4,5)6)25(16-22)42-29(36)39-19-31(7,8)9/h12-13,16,20-21,23,32H,11,14-15,17-19H2,1-10H3/t21?,23-/m0/s1. The van der Waals surface area contributed by atoms with Crippen molar-refractivity contribution in [2.45, 2.75) is 93.7 Å². The van der Waals surface area contributed by atoms with Crippen LogP contribution in [-0.4, -0.2) is 63.3 Å². The van der Waals surface area contributed by atoms with Crippen LogP contribution in [0.1, 0.15) is 80.7 Å². The van der Waals surface area contributed by atoms with E-state index in [1.807, 2.05) is 55.4 Å².